The largest absolute Gasteiger partial charge is 0.497 e. The van der Waals surface area contributed by atoms with Crippen molar-refractivity contribution in [1.82, 2.24) is 25.0 Å². The number of carboxylic acid groups (broad SMARTS) is 1. The Hall–Kier alpha value is -3.19. The van der Waals surface area contributed by atoms with E-state index in [4.69, 9.17) is 19.4 Å². The van der Waals surface area contributed by atoms with Crippen LogP contribution < -0.4 is 10.1 Å². The van der Waals surface area contributed by atoms with E-state index in [0.717, 1.165) is 57.0 Å². The second-order valence-electron chi connectivity index (χ2n) is 9.73. The highest BCUT2D eigenvalue weighted by atomic mass is 19.4. The topological polar surface area (TPSA) is 119 Å². The summed E-state index contributed by atoms with van der Waals surface area (Å²) in [6, 6.07) is 8.37. The van der Waals surface area contributed by atoms with Gasteiger partial charge in [0.15, 0.2) is 5.82 Å². The van der Waals surface area contributed by atoms with E-state index in [1.165, 1.54) is 5.56 Å². The minimum absolute atomic E-state index is 0.00388. The Balaban J connectivity index is 0.000000505. The van der Waals surface area contributed by atoms with Crippen molar-refractivity contribution in [3.05, 3.63) is 41.5 Å². The average molecular weight is 542 g/mol. The number of carboxylic acids is 1. The molecule has 13 heteroatoms. The second-order valence-corrected chi connectivity index (χ2v) is 9.73. The maximum Gasteiger partial charge on any atom is 0.490 e. The number of carbonyl (C=O) groups excluding carboxylic acids is 1. The Kier molecular flexibility index (Phi) is 9.71. The second kappa shape index (κ2) is 12.6. The third-order valence-electron chi connectivity index (χ3n) is 6.85. The number of methoxy groups -OCH3 is 1. The molecule has 2 aliphatic heterocycles. The number of aromatic nitrogens is 3. The molecule has 2 N–H and O–H groups in total. The molecule has 1 spiro atoms. The third-order valence-corrected chi connectivity index (χ3v) is 6.85. The van der Waals surface area contributed by atoms with Gasteiger partial charge >= 0.3 is 12.1 Å². The molecule has 3 heterocycles. The Morgan fingerprint density at radius 1 is 1.26 bits per heavy atom. The minimum Gasteiger partial charge on any atom is -0.497 e. The van der Waals surface area contributed by atoms with Crippen molar-refractivity contribution in [2.45, 2.75) is 65.0 Å². The fraction of sp³-hybridized carbons (Fsp3) is 0.600. The highest BCUT2D eigenvalue weighted by molar-refractivity contribution is 5.90. The number of fused-ring (bicyclic) bond motifs is 1. The smallest absolute Gasteiger partial charge is 0.490 e. The Morgan fingerprint density at radius 3 is 2.55 bits per heavy atom. The molecular formula is C25H34F3N5O5. The molecule has 4 rings (SSSR count). The van der Waals surface area contributed by atoms with Gasteiger partial charge in [0.1, 0.15) is 12.4 Å². The molecule has 1 atom stereocenters. The Bertz CT molecular complexity index is 1100. The van der Waals surface area contributed by atoms with Crippen LogP contribution in [0.3, 0.4) is 0 Å². The molecule has 2 aromatic rings. The maximum atomic E-state index is 12.7. The number of carbonyl (C=O) groups is 2. The fourth-order valence-corrected chi connectivity index (χ4v) is 4.42. The van der Waals surface area contributed by atoms with Crippen LogP contribution in [0.4, 0.5) is 13.2 Å². The Morgan fingerprint density at radius 2 is 1.95 bits per heavy atom. The van der Waals surface area contributed by atoms with Gasteiger partial charge in [0.05, 0.1) is 13.7 Å². The Labute approximate surface area is 219 Å². The van der Waals surface area contributed by atoms with E-state index in [-0.39, 0.29) is 17.4 Å². The SMILES string of the molecule is CCC(C)NC(=O)c1nnc2n1CC1(CCN(Cc3cccc(OC)c3)CC1)COC2.O=C(O)C(F)(F)F. The molecule has 2 aliphatic rings. The lowest BCUT2D eigenvalue weighted by atomic mass is 9.78. The summed E-state index contributed by atoms with van der Waals surface area (Å²) < 4.78 is 45.1. The van der Waals surface area contributed by atoms with Gasteiger partial charge in [0, 0.05) is 24.5 Å². The van der Waals surface area contributed by atoms with Crippen molar-refractivity contribution < 1.29 is 37.3 Å². The number of aliphatic carboxylic acids is 1. The van der Waals surface area contributed by atoms with E-state index in [9.17, 15) is 18.0 Å². The monoisotopic (exact) mass is 541 g/mol. The summed E-state index contributed by atoms with van der Waals surface area (Å²) in [4.78, 5) is 24.1. The quantitative estimate of drug-likeness (QED) is 0.572. The van der Waals surface area contributed by atoms with E-state index in [1.807, 2.05) is 23.6 Å². The van der Waals surface area contributed by atoms with E-state index in [1.54, 1.807) is 7.11 Å². The maximum absolute atomic E-state index is 12.7. The summed E-state index contributed by atoms with van der Waals surface area (Å²) in [5.74, 6) is -0.872. The number of hydrogen-bond acceptors (Lipinski definition) is 7. The van der Waals surface area contributed by atoms with Crippen LogP contribution >= 0.6 is 0 Å². The van der Waals surface area contributed by atoms with E-state index in [0.29, 0.717) is 19.0 Å². The lowest BCUT2D eigenvalue weighted by Crippen LogP contribution is -2.44. The first-order valence-corrected chi connectivity index (χ1v) is 12.4. The highest BCUT2D eigenvalue weighted by Crippen LogP contribution is 2.37. The zero-order valence-electron chi connectivity index (χ0n) is 21.8. The number of nitrogens with zero attached hydrogens (tertiary/aromatic N) is 4. The predicted molar refractivity (Wildman–Crippen MR) is 131 cm³/mol. The van der Waals surface area contributed by atoms with Gasteiger partial charge in [-0.15, -0.1) is 10.2 Å². The molecule has 1 amide bonds. The van der Waals surface area contributed by atoms with E-state index in [2.05, 4.69) is 39.5 Å². The number of rotatable bonds is 6. The van der Waals surface area contributed by atoms with Crippen molar-refractivity contribution >= 4 is 11.9 Å². The van der Waals surface area contributed by atoms with Crippen LogP contribution in [0.2, 0.25) is 0 Å². The van der Waals surface area contributed by atoms with Crippen LogP contribution in [-0.4, -0.2) is 75.7 Å². The number of nitrogens with one attached hydrogen (secondary N) is 1. The molecule has 0 saturated carbocycles. The van der Waals surface area contributed by atoms with Crippen LogP contribution in [-0.2, 0) is 29.2 Å². The van der Waals surface area contributed by atoms with Crippen LogP contribution in [0.5, 0.6) is 5.75 Å². The lowest BCUT2D eigenvalue weighted by molar-refractivity contribution is -0.192. The molecule has 1 aromatic carbocycles. The number of amides is 1. The molecule has 1 fully saturated rings. The molecule has 1 unspecified atom stereocenters. The first-order valence-electron chi connectivity index (χ1n) is 12.4. The fourth-order valence-electron chi connectivity index (χ4n) is 4.42. The van der Waals surface area contributed by atoms with Gasteiger partial charge in [-0.2, -0.15) is 13.2 Å². The van der Waals surface area contributed by atoms with Crippen LogP contribution in [0, 0.1) is 5.41 Å². The van der Waals surface area contributed by atoms with Crippen molar-refractivity contribution in [2.24, 2.45) is 5.41 Å². The van der Waals surface area contributed by atoms with E-state index >= 15 is 0 Å². The molecule has 210 valence electrons. The number of ether oxygens (including phenoxy) is 2. The van der Waals surface area contributed by atoms with Crippen LogP contribution in [0.15, 0.2) is 24.3 Å². The number of benzene rings is 1. The third kappa shape index (κ3) is 7.67. The minimum atomic E-state index is -5.08. The standard InChI is InChI=1S/C23H33N5O3.C2HF3O2/c1-4-17(2)24-22(29)21-26-25-20-14-31-16-23(15-28(20)21)8-10-27(11-9-23)13-18-6-5-7-19(12-18)30-3;3-2(4,5)1(6)7/h5-7,12,17H,4,8-11,13-16H2,1-3H3,(H,24,29);(H,6,7). The average Bonchev–Trinajstić information content (AvgIpc) is 3.18. The summed E-state index contributed by atoms with van der Waals surface area (Å²) in [5, 5.41) is 18.6. The van der Waals surface area contributed by atoms with Gasteiger partial charge in [-0.3, -0.25) is 9.69 Å². The zero-order chi connectivity index (χ0) is 27.9. The molecule has 1 saturated heterocycles. The van der Waals surface area contributed by atoms with Gasteiger partial charge in [-0.1, -0.05) is 19.1 Å². The van der Waals surface area contributed by atoms with Gasteiger partial charge < -0.3 is 24.5 Å². The first kappa shape index (κ1) is 29.4. The van der Waals surface area contributed by atoms with Gasteiger partial charge in [-0.25, -0.2) is 4.79 Å². The van der Waals surface area contributed by atoms with Gasteiger partial charge in [0.2, 0.25) is 5.82 Å². The number of alkyl halides is 3. The van der Waals surface area contributed by atoms with Gasteiger partial charge in [-0.05, 0) is 57.0 Å². The summed E-state index contributed by atoms with van der Waals surface area (Å²) in [6.45, 7) is 8.77. The first-order chi connectivity index (χ1) is 18.0. The summed E-state index contributed by atoms with van der Waals surface area (Å²) in [5.41, 5.74) is 1.27. The molecule has 0 bridgehead atoms. The van der Waals surface area contributed by atoms with Crippen LogP contribution in [0.25, 0.3) is 0 Å². The van der Waals surface area contributed by atoms with Gasteiger partial charge in [0.25, 0.3) is 5.91 Å². The summed E-state index contributed by atoms with van der Waals surface area (Å²) in [7, 11) is 1.70. The highest BCUT2D eigenvalue weighted by Gasteiger charge is 2.39. The van der Waals surface area contributed by atoms with Crippen LogP contribution in [0.1, 0.15) is 55.1 Å². The number of piperidine rings is 1. The van der Waals surface area contributed by atoms with E-state index < -0.39 is 12.1 Å². The molecule has 0 radical (unpaired) electrons. The summed E-state index contributed by atoms with van der Waals surface area (Å²) >= 11 is 0. The molecule has 10 nitrogen and oxygen atoms in total. The number of halogens is 3. The van der Waals surface area contributed by atoms with Crippen molar-refractivity contribution in [3.8, 4) is 5.75 Å². The lowest BCUT2D eigenvalue weighted by Gasteiger charge is -2.41. The van der Waals surface area contributed by atoms with Crippen molar-refractivity contribution in [1.29, 1.82) is 0 Å². The zero-order valence-corrected chi connectivity index (χ0v) is 21.8. The molecular weight excluding hydrogens is 507 g/mol. The molecule has 38 heavy (non-hydrogen) atoms. The predicted octanol–water partition coefficient (Wildman–Crippen LogP) is 3.26. The molecule has 0 aliphatic carbocycles. The van der Waals surface area contributed by atoms with Crippen molar-refractivity contribution in [3.63, 3.8) is 0 Å². The van der Waals surface area contributed by atoms with Crippen molar-refractivity contribution in [2.75, 3.05) is 26.8 Å². The number of hydrogen-bond donors (Lipinski definition) is 2. The normalized spacial score (nSPS) is 17.9. The summed E-state index contributed by atoms with van der Waals surface area (Å²) in [6.07, 6.45) is -2.18. The molecule has 1 aromatic heterocycles. The number of likely N-dealkylation sites (tertiary alicyclic amines) is 1.